The molecule has 2 heterocycles. The first-order chi connectivity index (χ1) is 10.6. The lowest BCUT2D eigenvalue weighted by Gasteiger charge is -2.08. The second kappa shape index (κ2) is 6.38. The number of hydrogen-bond donors (Lipinski definition) is 2. The van der Waals surface area contributed by atoms with Crippen LogP contribution in [0.1, 0.15) is 4.88 Å². The van der Waals surface area contributed by atoms with Gasteiger partial charge in [-0.25, -0.2) is 9.97 Å². The van der Waals surface area contributed by atoms with E-state index >= 15 is 0 Å². The minimum absolute atomic E-state index is 0.0164. The standard InChI is InChI=1S/C15H13Cl2N3OS/c1-8-11(9-2-4-10(16)5-3-9)12-13(18-6-7-21)19-15(17)20-14(12)22-8/h2-5,21H,6-7H2,1H3,(H,18,19,20). The maximum absolute atomic E-state index is 9.04. The molecule has 3 rings (SSSR count). The van der Waals surface area contributed by atoms with Gasteiger partial charge in [0.25, 0.3) is 0 Å². The molecule has 0 aliphatic heterocycles. The molecule has 0 saturated carbocycles. The molecular formula is C15H13Cl2N3OS. The molecule has 114 valence electrons. The minimum Gasteiger partial charge on any atom is -0.395 e. The highest BCUT2D eigenvalue weighted by atomic mass is 35.5. The SMILES string of the molecule is Cc1sc2nc(Cl)nc(NCCO)c2c1-c1ccc(Cl)cc1. The Bertz CT molecular complexity index is 818. The molecule has 0 aliphatic rings. The van der Waals surface area contributed by atoms with Crippen LogP contribution in [0.25, 0.3) is 21.3 Å². The zero-order valence-electron chi connectivity index (χ0n) is 11.7. The molecular weight excluding hydrogens is 341 g/mol. The summed E-state index contributed by atoms with van der Waals surface area (Å²) in [4.78, 5) is 10.5. The second-order valence-corrected chi connectivity index (χ2v) is 6.69. The predicted molar refractivity (Wildman–Crippen MR) is 93.2 cm³/mol. The van der Waals surface area contributed by atoms with Gasteiger partial charge in [-0.1, -0.05) is 23.7 Å². The highest BCUT2D eigenvalue weighted by Crippen LogP contribution is 2.41. The van der Waals surface area contributed by atoms with Crippen LogP contribution in [-0.4, -0.2) is 28.2 Å². The van der Waals surface area contributed by atoms with E-state index in [1.807, 2.05) is 31.2 Å². The van der Waals surface area contributed by atoms with E-state index < -0.39 is 0 Å². The third-order valence-electron chi connectivity index (χ3n) is 3.24. The van der Waals surface area contributed by atoms with Crippen molar-refractivity contribution in [2.45, 2.75) is 6.92 Å². The van der Waals surface area contributed by atoms with Crippen molar-refractivity contribution in [2.75, 3.05) is 18.5 Å². The lowest BCUT2D eigenvalue weighted by molar-refractivity contribution is 0.311. The number of anilines is 1. The highest BCUT2D eigenvalue weighted by Gasteiger charge is 2.17. The number of halogens is 2. The van der Waals surface area contributed by atoms with E-state index in [9.17, 15) is 0 Å². The number of hydrogen-bond acceptors (Lipinski definition) is 5. The molecule has 2 aromatic heterocycles. The molecule has 0 spiro atoms. The van der Waals surface area contributed by atoms with Crippen LogP contribution >= 0.6 is 34.5 Å². The monoisotopic (exact) mass is 353 g/mol. The smallest absolute Gasteiger partial charge is 0.225 e. The minimum atomic E-state index is 0.0164. The van der Waals surface area contributed by atoms with Gasteiger partial charge in [-0.05, 0) is 36.2 Å². The maximum Gasteiger partial charge on any atom is 0.225 e. The van der Waals surface area contributed by atoms with Crippen LogP contribution in [0.2, 0.25) is 10.3 Å². The van der Waals surface area contributed by atoms with Gasteiger partial charge in [0.2, 0.25) is 5.28 Å². The first kappa shape index (κ1) is 15.5. The van der Waals surface area contributed by atoms with Crippen LogP contribution in [0.5, 0.6) is 0 Å². The lowest BCUT2D eigenvalue weighted by atomic mass is 10.0. The Morgan fingerprint density at radius 3 is 2.59 bits per heavy atom. The summed E-state index contributed by atoms with van der Waals surface area (Å²) in [6.45, 7) is 2.46. The Hall–Kier alpha value is -1.40. The summed E-state index contributed by atoms with van der Waals surface area (Å²) in [5.74, 6) is 0.637. The third kappa shape index (κ3) is 2.90. The van der Waals surface area contributed by atoms with Crippen molar-refractivity contribution < 1.29 is 5.11 Å². The number of nitrogens with one attached hydrogen (secondary N) is 1. The maximum atomic E-state index is 9.04. The van der Waals surface area contributed by atoms with E-state index in [-0.39, 0.29) is 11.9 Å². The summed E-state index contributed by atoms with van der Waals surface area (Å²) in [5, 5.41) is 14.0. The van der Waals surface area contributed by atoms with E-state index in [4.69, 9.17) is 28.3 Å². The summed E-state index contributed by atoms with van der Waals surface area (Å²) in [6, 6.07) is 7.66. The molecule has 7 heteroatoms. The Labute approximate surface area is 141 Å². The molecule has 4 nitrogen and oxygen atoms in total. The summed E-state index contributed by atoms with van der Waals surface area (Å²) in [6.07, 6.45) is 0. The lowest BCUT2D eigenvalue weighted by Crippen LogP contribution is -2.07. The van der Waals surface area contributed by atoms with Crippen LogP contribution in [-0.2, 0) is 0 Å². The third-order valence-corrected chi connectivity index (χ3v) is 4.66. The summed E-state index contributed by atoms with van der Waals surface area (Å²) < 4.78 is 0. The second-order valence-electron chi connectivity index (χ2n) is 4.71. The van der Waals surface area contributed by atoms with Gasteiger partial charge in [0.15, 0.2) is 0 Å². The Morgan fingerprint density at radius 1 is 1.18 bits per heavy atom. The molecule has 0 saturated heterocycles. The molecule has 0 amide bonds. The highest BCUT2D eigenvalue weighted by molar-refractivity contribution is 7.19. The Balaban J connectivity index is 2.24. The van der Waals surface area contributed by atoms with Crippen LogP contribution in [0.3, 0.4) is 0 Å². The molecule has 0 unspecified atom stereocenters. The first-order valence-electron chi connectivity index (χ1n) is 6.67. The fourth-order valence-corrected chi connectivity index (χ4v) is 3.74. The van der Waals surface area contributed by atoms with Crippen molar-refractivity contribution in [3.63, 3.8) is 0 Å². The number of aromatic nitrogens is 2. The molecule has 3 aromatic rings. The van der Waals surface area contributed by atoms with Crippen molar-refractivity contribution in [1.29, 1.82) is 0 Å². The number of aryl methyl sites for hydroxylation is 1. The van der Waals surface area contributed by atoms with Gasteiger partial charge in [-0.3, -0.25) is 0 Å². The average molecular weight is 354 g/mol. The zero-order chi connectivity index (χ0) is 15.7. The summed E-state index contributed by atoms with van der Waals surface area (Å²) in [5.41, 5.74) is 2.11. The number of fused-ring (bicyclic) bond motifs is 1. The summed E-state index contributed by atoms with van der Waals surface area (Å²) >= 11 is 13.5. The van der Waals surface area contributed by atoms with E-state index in [0.29, 0.717) is 17.4 Å². The molecule has 2 N–H and O–H groups in total. The van der Waals surface area contributed by atoms with Crippen LogP contribution in [0.15, 0.2) is 24.3 Å². The van der Waals surface area contributed by atoms with E-state index in [1.54, 1.807) is 11.3 Å². The summed E-state index contributed by atoms with van der Waals surface area (Å²) in [7, 11) is 0. The number of nitrogens with zero attached hydrogens (tertiary/aromatic N) is 2. The Morgan fingerprint density at radius 2 is 1.91 bits per heavy atom. The number of aliphatic hydroxyl groups excluding tert-OH is 1. The van der Waals surface area contributed by atoms with Gasteiger partial charge in [-0.2, -0.15) is 0 Å². The predicted octanol–water partition coefficient (Wildman–Crippen LogP) is 4.38. The van der Waals surface area contributed by atoms with Crippen LogP contribution in [0.4, 0.5) is 5.82 Å². The average Bonchev–Trinajstić information content (AvgIpc) is 2.81. The van der Waals surface area contributed by atoms with Crippen molar-refractivity contribution in [3.05, 3.63) is 39.4 Å². The van der Waals surface area contributed by atoms with Gasteiger partial charge < -0.3 is 10.4 Å². The van der Waals surface area contributed by atoms with Crippen molar-refractivity contribution in [1.82, 2.24) is 9.97 Å². The number of benzene rings is 1. The number of aliphatic hydroxyl groups is 1. The van der Waals surface area contributed by atoms with Crippen LogP contribution in [0, 0.1) is 6.92 Å². The van der Waals surface area contributed by atoms with Gasteiger partial charge in [0.1, 0.15) is 10.6 Å². The van der Waals surface area contributed by atoms with Gasteiger partial charge >= 0.3 is 0 Å². The molecule has 22 heavy (non-hydrogen) atoms. The zero-order valence-corrected chi connectivity index (χ0v) is 14.1. The van der Waals surface area contributed by atoms with Crippen LogP contribution < -0.4 is 5.32 Å². The van der Waals surface area contributed by atoms with E-state index in [2.05, 4.69) is 15.3 Å². The Kier molecular flexibility index (Phi) is 4.49. The van der Waals surface area contributed by atoms with Crippen molar-refractivity contribution in [2.24, 2.45) is 0 Å². The first-order valence-corrected chi connectivity index (χ1v) is 8.24. The van der Waals surface area contributed by atoms with Gasteiger partial charge in [-0.15, -0.1) is 11.3 Å². The molecule has 0 radical (unpaired) electrons. The van der Waals surface area contributed by atoms with E-state index in [0.717, 1.165) is 26.2 Å². The number of thiophene rings is 1. The molecule has 0 atom stereocenters. The fourth-order valence-electron chi connectivity index (χ4n) is 2.35. The topological polar surface area (TPSA) is 58.0 Å². The quantitative estimate of drug-likeness (QED) is 0.683. The van der Waals surface area contributed by atoms with Crippen molar-refractivity contribution >= 4 is 50.6 Å². The van der Waals surface area contributed by atoms with E-state index in [1.165, 1.54) is 0 Å². The van der Waals surface area contributed by atoms with Crippen molar-refractivity contribution in [3.8, 4) is 11.1 Å². The molecule has 1 aromatic carbocycles. The normalized spacial score (nSPS) is 11.1. The van der Waals surface area contributed by atoms with Gasteiger partial charge in [0.05, 0.1) is 12.0 Å². The fraction of sp³-hybridized carbons (Fsp3) is 0.200. The van der Waals surface area contributed by atoms with Gasteiger partial charge in [0, 0.05) is 22.0 Å². The number of rotatable bonds is 4. The molecule has 0 bridgehead atoms. The largest absolute Gasteiger partial charge is 0.395 e. The molecule has 0 fully saturated rings. The molecule has 0 aliphatic carbocycles.